The molecule has 0 aliphatic rings. The number of methoxy groups -OCH3 is 1. The van der Waals surface area contributed by atoms with E-state index in [9.17, 15) is 4.79 Å². The maximum atomic E-state index is 12.4. The number of hydrogen-bond donors (Lipinski definition) is 1. The van der Waals surface area contributed by atoms with Gasteiger partial charge in [0.05, 0.1) is 18.0 Å². The van der Waals surface area contributed by atoms with E-state index < -0.39 is 0 Å². The lowest BCUT2D eigenvalue weighted by Gasteiger charge is -2.15. The van der Waals surface area contributed by atoms with Gasteiger partial charge in [-0.25, -0.2) is 4.68 Å². The number of thioether (sulfide) groups is 1. The molecule has 7 nitrogen and oxygen atoms in total. The predicted molar refractivity (Wildman–Crippen MR) is 90.2 cm³/mol. The van der Waals surface area contributed by atoms with E-state index in [-0.39, 0.29) is 11.2 Å². The number of ether oxygens (including phenoxy) is 1. The van der Waals surface area contributed by atoms with Gasteiger partial charge in [-0.3, -0.25) is 4.79 Å². The summed E-state index contributed by atoms with van der Waals surface area (Å²) in [6, 6.07) is 3.47. The Morgan fingerprint density at radius 1 is 1.52 bits per heavy atom. The molecule has 1 amide bonds. The Bertz CT molecular complexity index is 706. The van der Waals surface area contributed by atoms with Crippen molar-refractivity contribution in [2.75, 3.05) is 12.4 Å². The van der Waals surface area contributed by atoms with Gasteiger partial charge in [-0.05, 0) is 42.8 Å². The molecule has 0 unspecified atom stereocenters. The Morgan fingerprint density at radius 2 is 2.26 bits per heavy atom. The first-order valence-corrected chi connectivity index (χ1v) is 8.29. The lowest BCUT2D eigenvalue weighted by Crippen LogP contribution is -2.23. The van der Waals surface area contributed by atoms with Gasteiger partial charge in [0.15, 0.2) is 0 Å². The molecule has 1 aromatic carbocycles. The van der Waals surface area contributed by atoms with Gasteiger partial charge in [-0.15, -0.1) is 5.10 Å². The normalized spacial score (nSPS) is 12.0. The maximum absolute atomic E-state index is 12.4. The number of nitrogens with zero attached hydrogens (tertiary/aromatic N) is 4. The van der Waals surface area contributed by atoms with Crippen LogP contribution >= 0.6 is 23.4 Å². The molecule has 0 bridgehead atoms. The summed E-state index contributed by atoms with van der Waals surface area (Å²) < 4.78 is 6.90. The standard InChI is InChI=1S/C14H18ClN5O2S/c1-5-20-14(17-18-19-20)23-9(3)13(21)16-11-6-8(2)10(15)7-12(11)22-4/h6-7,9H,5H2,1-4H3,(H,16,21)/t9-/m1/s1. The van der Waals surface area contributed by atoms with Crippen LogP contribution in [-0.2, 0) is 11.3 Å². The molecule has 9 heteroatoms. The second kappa shape index (κ2) is 7.65. The first-order chi connectivity index (χ1) is 11.0. The van der Waals surface area contributed by atoms with Crippen molar-refractivity contribution in [3.63, 3.8) is 0 Å². The van der Waals surface area contributed by atoms with Crippen molar-refractivity contribution in [1.29, 1.82) is 0 Å². The number of benzene rings is 1. The number of amides is 1. The van der Waals surface area contributed by atoms with Crippen molar-refractivity contribution in [3.8, 4) is 5.75 Å². The Morgan fingerprint density at radius 3 is 2.91 bits per heavy atom. The van der Waals surface area contributed by atoms with Crippen LogP contribution in [0.25, 0.3) is 0 Å². The van der Waals surface area contributed by atoms with E-state index in [0.717, 1.165) is 5.56 Å². The Labute approximate surface area is 143 Å². The van der Waals surface area contributed by atoms with Crippen molar-refractivity contribution in [2.45, 2.75) is 37.7 Å². The summed E-state index contributed by atoms with van der Waals surface area (Å²) in [5.74, 6) is 0.352. The molecular weight excluding hydrogens is 338 g/mol. The fourth-order valence-electron chi connectivity index (χ4n) is 1.86. The molecule has 124 valence electrons. The third kappa shape index (κ3) is 4.14. The Kier molecular flexibility index (Phi) is 5.84. The van der Waals surface area contributed by atoms with Crippen LogP contribution in [-0.4, -0.2) is 38.5 Å². The van der Waals surface area contributed by atoms with E-state index >= 15 is 0 Å². The average molecular weight is 356 g/mol. The second-order valence-corrected chi connectivity index (χ2v) is 6.54. The minimum atomic E-state index is -0.369. The van der Waals surface area contributed by atoms with Gasteiger partial charge >= 0.3 is 0 Å². The van der Waals surface area contributed by atoms with E-state index in [1.165, 1.54) is 18.9 Å². The number of nitrogens with one attached hydrogen (secondary N) is 1. The topological polar surface area (TPSA) is 81.9 Å². The lowest BCUT2D eigenvalue weighted by molar-refractivity contribution is -0.115. The van der Waals surface area contributed by atoms with Gasteiger partial charge in [-0.1, -0.05) is 23.4 Å². The summed E-state index contributed by atoms with van der Waals surface area (Å²) in [5, 5.41) is 15.1. The number of aryl methyl sites for hydroxylation is 2. The molecule has 0 aliphatic carbocycles. The second-order valence-electron chi connectivity index (χ2n) is 4.83. The summed E-state index contributed by atoms with van der Waals surface area (Å²) in [7, 11) is 1.53. The van der Waals surface area contributed by atoms with Crippen LogP contribution in [0.5, 0.6) is 5.75 Å². The summed E-state index contributed by atoms with van der Waals surface area (Å²) >= 11 is 7.37. The molecule has 0 fully saturated rings. The fraction of sp³-hybridized carbons (Fsp3) is 0.429. The summed E-state index contributed by atoms with van der Waals surface area (Å²) in [6.07, 6.45) is 0. The number of carbonyl (C=O) groups is 1. The van der Waals surface area contributed by atoms with E-state index in [1.807, 2.05) is 13.8 Å². The number of hydrogen-bond acceptors (Lipinski definition) is 6. The highest BCUT2D eigenvalue weighted by Gasteiger charge is 2.20. The quantitative estimate of drug-likeness (QED) is 0.802. The van der Waals surface area contributed by atoms with Crippen molar-refractivity contribution in [3.05, 3.63) is 22.7 Å². The molecule has 2 rings (SSSR count). The third-order valence-electron chi connectivity index (χ3n) is 3.19. The maximum Gasteiger partial charge on any atom is 0.237 e. The average Bonchev–Trinajstić information content (AvgIpc) is 2.97. The minimum Gasteiger partial charge on any atom is -0.495 e. The van der Waals surface area contributed by atoms with Crippen molar-refractivity contribution >= 4 is 35.0 Å². The first-order valence-electron chi connectivity index (χ1n) is 7.04. The molecule has 0 radical (unpaired) electrons. The lowest BCUT2D eigenvalue weighted by atomic mass is 10.2. The third-order valence-corrected chi connectivity index (χ3v) is 4.67. The van der Waals surface area contributed by atoms with E-state index in [2.05, 4.69) is 20.8 Å². The number of tetrazole rings is 1. The van der Waals surface area contributed by atoms with Crippen LogP contribution in [0.2, 0.25) is 5.02 Å². The summed E-state index contributed by atoms with van der Waals surface area (Å²) in [4.78, 5) is 12.4. The summed E-state index contributed by atoms with van der Waals surface area (Å²) in [5.41, 5.74) is 1.44. The minimum absolute atomic E-state index is 0.166. The number of carbonyl (C=O) groups excluding carboxylic acids is 1. The molecular formula is C14H18ClN5O2S. The van der Waals surface area contributed by atoms with Crippen molar-refractivity contribution in [2.24, 2.45) is 0 Å². The highest BCUT2D eigenvalue weighted by atomic mass is 35.5. The van der Waals surface area contributed by atoms with Crippen molar-refractivity contribution < 1.29 is 9.53 Å². The van der Waals surface area contributed by atoms with E-state index in [4.69, 9.17) is 16.3 Å². The molecule has 2 aromatic rings. The molecule has 0 saturated carbocycles. The molecule has 23 heavy (non-hydrogen) atoms. The SMILES string of the molecule is CCn1nnnc1S[C@H](C)C(=O)Nc1cc(C)c(Cl)cc1OC. The molecule has 1 heterocycles. The smallest absolute Gasteiger partial charge is 0.237 e. The molecule has 0 aliphatic heterocycles. The number of anilines is 1. The highest BCUT2D eigenvalue weighted by molar-refractivity contribution is 8.00. The number of halogens is 1. The van der Waals surface area contributed by atoms with Crippen LogP contribution in [0.15, 0.2) is 17.3 Å². The number of rotatable bonds is 6. The zero-order valence-corrected chi connectivity index (χ0v) is 14.9. The first kappa shape index (κ1) is 17.6. The molecule has 0 saturated heterocycles. The van der Waals surface area contributed by atoms with E-state index in [0.29, 0.717) is 28.2 Å². The van der Waals surface area contributed by atoms with Crippen LogP contribution in [0.1, 0.15) is 19.4 Å². The largest absolute Gasteiger partial charge is 0.495 e. The van der Waals surface area contributed by atoms with E-state index in [1.54, 1.807) is 23.7 Å². The van der Waals surface area contributed by atoms with Crippen molar-refractivity contribution in [1.82, 2.24) is 20.2 Å². The zero-order valence-electron chi connectivity index (χ0n) is 13.3. The van der Waals surface area contributed by atoms with Crippen LogP contribution in [0.4, 0.5) is 5.69 Å². The number of aromatic nitrogens is 4. The molecule has 0 spiro atoms. The van der Waals surface area contributed by atoms with Gasteiger partial charge in [0.25, 0.3) is 0 Å². The molecule has 1 N–H and O–H groups in total. The summed E-state index contributed by atoms with van der Waals surface area (Å²) in [6.45, 7) is 6.25. The van der Waals surface area contributed by atoms with Gasteiger partial charge < -0.3 is 10.1 Å². The monoisotopic (exact) mass is 355 g/mol. The molecule has 1 aromatic heterocycles. The van der Waals surface area contributed by atoms with Gasteiger partial charge in [0.2, 0.25) is 11.1 Å². The predicted octanol–water partition coefficient (Wildman–Crippen LogP) is 2.78. The zero-order chi connectivity index (χ0) is 17.0. The Hall–Kier alpha value is -1.80. The van der Waals surface area contributed by atoms with Crippen LogP contribution in [0.3, 0.4) is 0 Å². The van der Waals surface area contributed by atoms with Gasteiger partial charge in [-0.2, -0.15) is 0 Å². The fourth-order valence-corrected chi connectivity index (χ4v) is 2.86. The van der Waals surface area contributed by atoms with Crippen LogP contribution < -0.4 is 10.1 Å². The highest BCUT2D eigenvalue weighted by Crippen LogP contribution is 2.31. The Balaban J connectivity index is 2.11. The molecule has 1 atom stereocenters. The van der Waals surface area contributed by atoms with Crippen LogP contribution in [0, 0.1) is 6.92 Å². The van der Waals surface area contributed by atoms with Gasteiger partial charge in [0.1, 0.15) is 5.75 Å². The van der Waals surface area contributed by atoms with Gasteiger partial charge in [0, 0.05) is 17.6 Å².